The molecule has 3 aromatic carbocycles. The Kier molecular flexibility index (Phi) is 5.89. The molecule has 6 nitrogen and oxygen atoms in total. The summed E-state index contributed by atoms with van der Waals surface area (Å²) in [4.78, 5) is 25.9. The minimum Gasteiger partial charge on any atom is -0.345 e. The largest absolute Gasteiger partial charge is 0.345 e. The zero-order valence-electron chi connectivity index (χ0n) is 17.0. The van der Waals surface area contributed by atoms with Gasteiger partial charge in [-0.2, -0.15) is 5.10 Å². The Morgan fingerprint density at radius 1 is 0.806 bits per heavy atom. The molecule has 1 heterocycles. The van der Waals surface area contributed by atoms with E-state index in [4.69, 9.17) is 0 Å². The van der Waals surface area contributed by atoms with Crippen LogP contribution in [-0.4, -0.2) is 21.6 Å². The number of para-hydroxylation sites is 1. The molecule has 1 atom stereocenters. The molecule has 0 aliphatic heterocycles. The average molecular weight is 410 g/mol. The third kappa shape index (κ3) is 4.53. The summed E-state index contributed by atoms with van der Waals surface area (Å²) >= 11 is 0. The summed E-state index contributed by atoms with van der Waals surface area (Å²) in [6.45, 7) is 1.91. The lowest BCUT2D eigenvalue weighted by Crippen LogP contribution is -2.28. The highest BCUT2D eigenvalue weighted by molar-refractivity contribution is 6.08. The molecule has 2 N–H and O–H groups in total. The third-order valence-corrected chi connectivity index (χ3v) is 4.93. The molecule has 0 bridgehead atoms. The van der Waals surface area contributed by atoms with Crippen molar-refractivity contribution in [3.8, 4) is 5.69 Å². The first kappa shape index (κ1) is 20.1. The molecule has 154 valence electrons. The lowest BCUT2D eigenvalue weighted by atomic mass is 10.1. The van der Waals surface area contributed by atoms with Crippen molar-refractivity contribution in [2.24, 2.45) is 0 Å². The molecule has 6 heteroatoms. The number of aromatic nitrogens is 2. The smallest absolute Gasteiger partial charge is 0.257 e. The monoisotopic (exact) mass is 410 g/mol. The second-order valence-electron chi connectivity index (χ2n) is 7.08. The van der Waals surface area contributed by atoms with Crippen molar-refractivity contribution < 1.29 is 9.59 Å². The molecule has 4 rings (SSSR count). The second-order valence-corrected chi connectivity index (χ2v) is 7.08. The Labute approximate surface area is 180 Å². The Bertz CT molecular complexity index is 1170. The molecule has 0 aliphatic rings. The summed E-state index contributed by atoms with van der Waals surface area (Å²) in [6, 6.07) is 27.7. The van der Waals surface area contributed by atoms with Crippen molar-refractivity contribution in [3.63, 3.8) is 0 Å². The van der Waals surface area contributed by atoms with Crippen LogP contribution in [0.3, 0.4) is 0 Å². The molecular weight excluding hydrogens is 388 g/mol. The van der Waals surface area contributed by atoms with Gasteiger partial charge in [-0.1, -0.05) is 66.7 Å². The van der Waals surface area contributed by atoms with E-state index >= 15 is 0 Å². The fourth-order valence-corrected chi connectivity index (χ4v) is 3.27. The first-order valence-electron chi connectivity index (χ1n) is 9.99. The van der Waals surface area contributed by atoms with Crippen LogP contribution in [0, 0.1) is 0 Å². The summed E-state index contributed by atoms with van der Waals surface area (Å²) in [6.07, 6.45) is 1.47. The first-order chi connectivity index (χ1) is 15.1. The number of anilines is 1. The van der Waals surface area contributed by atoms with Crippen molar-refractivity contribution >= 4 is 17.6 Å². The van der Waals surface area contributed by atoms with Crippen molar-refractivity contribution in [3.05, 3.63) is 114 Å². The normalized spacial score (nSPS) is 11.5. The predicted octanol–water partition coefficient (Wildman–Crippen LogP) is 4.62. The van der Waals surface area contributed by atoms with Gasteiger partial charge < -0.3 is 10.6 Å². The topological polar surface area (TPSA) is 76.0 Å². The zero-order chi connectivity index (χ0) is 21.6. The molecule has 4 aromatic rings. The molecule has 1 unspecified atom stereocenters. The van der Waals surface area contributed by atoms with Gasteiger partial charge in [-0.15, -0.1) is 0 Å². The minimum atomic E-state index is -0.318. The SMILES string of the molecule is CC(NC(=O)c1cnn(-c2ccccc2)c1NC(=O)c1ccccc1)c1ccccc1. The number of carbonyl (C=O) groups is 2. The number of hydrogen-bond acceptors (Lipinski definition) is 3. The van der Waals surface area contributed by atoms with E-state index in [0.29, 0.717) is 11.4 Å². The summed E-state index contributed by atoms with van der Waals surface area (Å²) in [7, 11) is 0. The van der Waals surface area contributed by atoms with Crippen LogP contribution in [0.15, 0.2) is 97.2 Å². The van der Waals surface area contributed by atoms with Crippen molar-refractivity contribution in [2.45, 2.75) is 13.0 Å². The molecule has 0 fully saturated rings. The molecule has 0 aliphatic carbocycles. The summed E-state index contributed by atoms with van der Waals surface area (Å²) in [5, 5.41) is 10.2. The standard InChI is InChI=1S/C25H22N4O2/c1-18(19-11-5-2-6-12-19)27-25(31)22-17-26-29(21-15-9-4-10-16-21)23(22)28-24(30)20-13-7-3-8-14-20/h2-18H,1H3,(H,27,31)(H,28,30). The van der Waals surface area contributed by atoms with Crippen LogP contribution in [-0.2, 0) is 0 Å². The van der Waals surface area contributed by atoms with Crippen LogP contribution < -0.4 is 10.6 Å². The van der Waals surface area contributed by atoms with E-state index in [1.165, 1.54) is 6.20 Å². The highest BCUT2D eigenvalue weighted by Crippen LogP contribution is 2.22. The lowest BCUT2D eigenvalue weighted by molar-refractivity contribution is 0.0941. The van der Waals surface area contributed by atoms with Gasteiger partial charge in [-0.05, 0) is 36.8 Å². The van der Waals surface area contributed by atoms with Crippen LogP contribution in [0.2, 0.25) is 0 Å². The minimum absolute atomic E-state index is 0.202. The molecule has 0 saturated carbocycles. The number of rotatable bonds is 6. The quantitative estimate of drug-likeness (QED) is 0.487. The summed E-state index contributed by atoms with van der Waals surface area (Å²) in [5.74, 6) is -0.317. The maximum atomic E-state index is 13.1. The van der Waals surface area contributed by atoms with Gasteiger partial charge in [0, 0.05) is 5.56 Å². The van der Waals surface area contributed by atoms with Crippen LogP contribution in [0.4, 0.5) is 5.82 Å². The molecule has 0 spiro atoms. The highest BCUT2D eigenvalue weighted by Gasteiger charge is 2.22. The average Bonchev–Trinajstić information content (AvgIpc) is 3.24. The van der Waals surface area contributed by atoms with Gasteiger partial charge in [0.15, 0.2) is 0 Å². The lowest BCUT2D eigenvalue weighted by Gasteiger charge is -2.15. The van der Waals surface area contributed by atoms with Crippen LogP contribution in [0.5, 0.6) is 0 Å². The van der Waals surface area contributed by atoms with E-state index in [-0.39, 0.29) is 23.4 Å². The van der Waals surface area contributed by atoms with Gasteiger partial charge in [0.1, 0.15) is 11.4 Å². The van der Waals surface area contributed by atoms with E-state index in [2.05, 4.69) is 15.7 Å². The van der Waals surface area contributed by atoms with Gasteiger partial charge in [-0.25, -0.2) is 4.68 Å². The Morgan fingerprint density at radius 3 is 2.03 bits per heavy atom. The van der Waals surface area contributed by atoms with E-state index in [1.807, 2.05) is 73.7 Å². The number of hydrogen-bond donors (Lipinski definition) is 2. The number of nitrogens with one attached hydrogen (secondary N) is 2. The van der Waals surface area contributed by atoms with E-state index in [1.54, 1.807) is 28.9 Å². The predicted molar refractivity (Wildman–Crippen MR) is 120 cm³/mol. The number of carbonyl (C=O) groups excluding carboxylic acids is 2. The Balaban J connectivity index is 1.66. The van der Waals surface area contributed by atoms with Crippen molar-refractivity contribution in [1.29, 1.82) is 0 Å². The van der Waals surface area contributed by atoms with E-state index < -0.39 is 0 Å². The Hall–Kier alpha value is -4.19. The summed E-state index contributed by atoms with van der Waals surface area (Å²) < 4.78 is 1.56. The fourth-order valence-electron chi connectivity index (χ4n) is 3.27. The number of benzene rings is 3. The van der Waals surface area contributed by atoms with Crippen molar-refractivity contribution in [1.82, 2.24) is 15.1 Å². The molecule has 0 saturated heterocycles. The van der Waals surface area contributed by atoms with Crippen molar-refractivity contribution in [2.75, 3.05) is 5.32 Å². The van der Waals surface area contributed by atoms with Crippen LogP contribution in [0.1, 0.15) is 39.2 Å². The van der Waals surface area contributed by atoms with Crippen LogP contribution in [0.25, 0.3) is 5.69 Å². The molecule has 1 aromatic heterocycles. The highest BCUT2D eigenvalue weighted by atomic mass is 16.2. The molecule has 31 heavy (non-hydrogen) atoms. The molecular formula is C25H22N4O2. The first-order valence-corrected chi connectivity index (χ1v) is 9.99. The van der Waals surface area contributed by atoms with Gasteiger partial charge in [0.25, 0.3) is 11.8 Å². The van der Waals surface area contributed by atoms with Gasteiger partial charge in [0.2, 0.25) is 0 Å². The van der Waals surface area contributed by atoms with Gasteiger partial charge >= 0.3 is 0 Å². The molecule has 0 radical (unpaired) electrons. The van der Waals surface area contributed by atoms with E-state index in [9.17, 15) is 9.59 Å². The maximum Gasteiger partial charge on any atom is 0.257 e. The second kappa shape index (κ2) is 9.09. The van der Waals surface area contributed by atoms with Crippen LogP contribution >= 0.6 is 0 Å². The Morgan fingerprint density at radius 2 is 1.39 bits per heavy atom. The number of amides is 2. The summed E-state index contributed by atoms with van der Waals surface area (Å²) in [5.41, 5.74) is 2.51. The third-order valence-electron chi connectivity index (χ3n) is 4.93. The zero-order valence-corrected chi connectivity index (χ0v) is 17.0. The molecule has 2 amide bonds. The van der Waals surface area contributed by atoms with Gasteiger partial charge in [-0.3, -0.25) is 9.59 Å². The van der Waals surface area contributed by atoms with Gasteiger partial charge in [0.05, 0.1) is 17.9 Å². The maximum absolute atomic E-state index is 13.1. The van der Waals surface area contributed by atoms with E-state index in [0.717, 1.165) is 11.3 Å². The number of nitrogens with zero attached hydrogens (tertiary/aromatic N) is 2. The fraction of sp³-hybridized carbons (Fsp3) is 0.0800.